The SMILES string of the molecule is OC[C@H]1NC[C@@H](O)C1O. The molecule has 0 spiro atoms. The average molecular weight is 133 g/mol. The normalized spacial score (nSPS) is 43.7. The first-order valence-electron chi connectivity index (χ1n) is 2.96. The van der Waals surface area contributed by atoms with Gasteiger partial charge in [-0.3, -0.25) is 0 Å². The van der Waals surface area contributed by atoms with Crippen molar-refractivity contribution in [1.82, 2.24) is 5.32 Å². The second-order valence-electron chi connectivity index (χ2n) is 2.26. The molecule has 4 nitrogen and oxygen atoms in total. The molecule has 9 heavy (non-hydrogen) atoms. The van der Waals surface area contributed by atoms with Crippen LogP contribution in [0.25, 0.3) is 0 Å². The van der Waals surface area contributed by atoms with Gasteiger partial charge in [0.15, 0.2) is 0 Å². The molecule has 1 aliphatic heterocycles. The number of hydrogen-bond acceptors (Lipinski definition) is 4. The second kappa shape index (κ2) is 2.62. The minimum atomic E-state index is -0.810. The third kappa shape index (κ3) is 1.21. The minimum Gasteiger partial charge on any atom is -0.395 e. The number of rotatable bonds is 1. The van der Waals surface area contributed by atoms with E-state index in [4.69, 9.17) is 15.3 Å². The van der Waals surface area contributed by atoms with E-state index >= 15 is 0 Å². The first-order valence-corrected chi connectivity index (χ1v) is 2.96. The van der Waals surface area contributed by atoms with E-state index in [9.17, 15) is 0 Å². The van der Waals surface area contributed by atoms with Gasteiger partial charge in [0.05, 0.1) is 24.9 Å². The molecule has 0 bridgehead atoms. The molecule has 0 aromatic rings. The maximum absolute atomic E-state index is 8.98. The number of hydrogen-bond donors (Lipinski definition) is 4. The summed E-state index contributed by atoms with van der Waals surface area (Å²) in [6.45, 7) is 0.241. The van der Waals surface area contributed by atoms with Crippen LogP contribution in [-0.4, -0.2) is 46.7 Å². The topological polar surface area (TPSA) is 72.7 Å². The zero-order valence-corrected chi connectivity index (χ0v) is 4.99. The Labute approximate surface area is 53.1 Å². The number of aliphatic hydroxyl groups is 3. The van der Waals surface area contributed by atoms with E-state index in [0.29, 0.717) is 6.54 Å². The lowest BCUT2D eigenvalue weighted by molar-refractivity contribution is 0.0295. The van der Waals surface area contributed by atoms with E-state index < -0.39 is 12.2 Å². The molecule has 0 aromatic heterocycles. The van der Waals surface area contributed by atoms with Gasteiger partial charge in [-0.25, -0.2) is 0 Å². The van der Waals surface area contributed by atoms with Crippen LogP contribution in [0.2, 0.25) is 0 Å². The Kier molecular flexibility index (Phi) is 2.02. The van der Waals surface area contributed by atoms with Crippen molar-refractivity contribution < 1.29 is 15.3 Å². The van der Waals surface area contributed by atoms with Crippen molar-refractivity contribution in [3.8, 4) is 0 Å². The van der Waals surface area contributed by atoms with Crippen LogP contribution in [0.5, 0.6) is 0 Å². The fraction of sp³-hybridized carbons (Fsp3) is 1.00. The predicted octanol–water partition coefficient (Wildman–Crippen LogP) is -2.33. The average Bonchev–Trinajstić information content (AvgIpc) is 2.15. The summed E-state index contributed by atoms with van der Waals surface area (Å²) in [6.07, 6.45) is -1.53. The van der Waals surface area contributed by atoms with Crippen LogP contribution in [0, 0.1) is 0 Å². The second-order valence-corrected chi connectivity index (χ2v) is 2.26. The van der Waals surface area contributed by atoms with Gasteiger partial charge < -0.3 is 20.6 Å². The molecule has 1 unspecified atom stereocenters. The van der Waals surface area contributed by atoms with Gasteiger partial charge in [-0.1, -0.05) is 0 Å². The Morgan fingerprint density at radius 1 is 1.44 bits per heavy atom. The van der Waals surface area contributed by atoms with Crippen LogP contribution >= 0.6 is 0 Å². The molecular formula is C5H11NO3. The molecule has 54 valence electrons. The van der Waals surface area contributed by atoms with Crippen molar-refractivity contribution in [2.45, 2.75) is 18.2 Å². The Hall–Kier alpha value is -0.160. The van der Waals surface area contributed by atoms with Gasteiger partial charge in [0.1, 0.15) is 0 Å². The third-order valence-corrected chi connectivity index (χ3v) is 1.59. The van der Waals surface area contributed by atoms with Crippen LogP contribution < -0.4 is 5.32 Å². The van der Waals surface area contributed by atoms with E-state index in [1.54, 1.807) is 0 Å². The molecule has 0 aliphatic carbocycles. The lowest BCUT2D eigenvalue weighted by Crippen LogP contribution is -2.35. The molecule has 4 N–H and O–H groups in total. The largest absolute Gasteiger partial charge is 0.395 e. The van der Waals surface area contributed by atoms with Crippen LogP contribution in [0.15, 0.2) is 0 Å². The first kappa shape index (κ1) is 6.95. The quantitative estimate of drug-likeness (QED) is 0.324. The number of aliphatic hydroxyl groups excluding tert-OH is 3. The van der Waals surface area contributed by atoms with Gasteiger partial charge in [-0.15, -0.1) is 0 Å². The summed E-state index contributed by atoms with van der Waals surface area (Å²) in [6, 6.07) is -0.347. The highest BCUT2D eigenvalue weighted by Gasteiger charge is 2.31. The molecule has 1 aliphatic rings. The fourth-order valence-electron chi connectivity index (χ4n) is 0.954. The highest BCUT2D eigenvalue weighted by Crippen LogP contribution is 2.05. The van der Waals surface area contributed by atoms with Gasteiger partial charge >= 0.3 is 0 Å². The summed E-state index contributed by atoms with van der Waals surface area (Å²) < 4.78 is 0. The fourth-order valence-corrected chi connectivity index (χ4v) is 0.954. The zero-order valence-electron chi connectivity index (χ0n) is 4.99. The maximum Gasteiger partial charge on any atom is 0.0986 e. The molecule has 0 aromatic carbocycles. The zero-order chi connectivity index (χ0) is 6.85. The van der Waals surface area contributed by atoms with Gasteiger partial charge in [0.2, 0.25) is 0 Å². The van der Waals surface area contributed by atoms with Gasteiger partial charge in [0, 0.05) is 6.54 Å². The van der Waals surface area contributed by atoms with Crippen molar-refractivity contribution in [3.05, 3.63) is 0 Å². The number of nitrogens with one attached hydrogen (secondary N) is 1. The Bertz CT molecular complexity index is 98.2. The van der Waals surface area contributed by atoms with Gasteiger partial charge in [-0.2, -0.15) is 0 Å². The summed E-state index contributed by atoms with van der Waals surface area (Å²) in [4.78, 5) is 0. The first-order chi connectivity index (χ1) is 4.25. The molecule has 4 heteroatoms. The van der Waals surface area contributed by atoms with Crippen LogP contribution in [0.4, 0.5) is 0 Å². The lowest BCUT2D eigenvalue weighted by Gasteiger charge is -2.11. The number of β-amino-alcohol motifs (C(OH)–C–C–N with tert-alkyl or cyclic N) is 1. The lowest BCUT2D eigenvalue weighted by atomic mass is 10.1. The molecule has 1 heterocycles. The molecule has 0 amide bonds. The molecular weight excluding hydrogens is 122 g/mol. The van der Waals surface area contributed by atoms with E-state index in [1.165, 1.54) is 0 Å². The summed E-state index contributed by atoms with van der Waals surface area (Å²) in [7, 11) is 0. The Morgan fingerprint density at radius 2 is 2.11 bits per heavy atom. The summed E-state index contributed by atoms with van der Waals surface area (Å²) in [5.41, 5.74) is 0. The highest BCUT2D eigenvalue weighted by atomic mass is 16.3. The van der Waals surface area contributed by atoms with Gasteiger partial charge in [-0.05, 0) is 0 Å². The Balaban J connectivity index is 2.41. The van der Waals surface area contributed by atoms with Crippen LogP contribution in [-0.2, 0) is 0 Å². The molecule has 1 saturated heterocycles. The van der Waals surface area contributed by atoms with E-state index in [0.717, 1.165) is 0 Å². The predicted molar refractivity (Wildman–Crippen MR) is 30.9 cm³/mol. The van der Waals surface area contributed by atoms with E-state index in [2.05, 4.69) is 5.32 Å². The van der Waals surface area contributed by atoms with Crippen LogP contribution in [0.3, 0.4) is 0 Å². The molecule has 1 rings (SSSR count). The van der Waals surface area contributed by atoms with Crippen molar-refractivity contribution >= 4 is 0 Å². The standard InChI is InChI=1S/C5H11NO3/c7-2-3-5(9)4(8)1-6-3/h3-9H,1-2H2/t3-,4-,5?/m1/s1. The van der Waals surface area contributed by atoms with Crippen LogP contribution in [0.1, 0.15) is 0 Å². The van der Waals surface area contributed by atoms with Crippen molar-refractivity contribution in [2.75, 3.05) is 13.2 Å². The monoisotopic (exact) mass is 133 g/mol. The summed E-state index contributed by atoms with van der Waals surface area (Å²) >= 11 is 0. The molecule has 0 radical (unpaired) electrons. The minimum absolute atomic E-state index is 0.127. The summed E-state index contributed by atoms with van der Waals surface area (Å²) in [5.74, 6) is 0. The van der Waals surface area contributed by atoms with E-state index in [-0.39, 0.29) is 12.6 Å². The molecule has 0 saturated carbocycles. The maximum atomic E-state index is 8.98. The van der Waals surface area contributed by atoms with Crippen molar-refractivity contribution in [2.24, 2.45) is 0 Å². The van der Waals surface area contributed by atoms with Gasteiger partial charge in [0.25, 0.3) is 0 Å². The molecule has 3 atom stereocenters. The highest BCUT2D eigenvalue weighted by molar-refractivity contribution is 4.89. The third-order valence-electron chi connectivity index (χ3n) is 1.59. The van der Waals surface area contributed by atoms with Crippen molar-refractivity contribution in [1.29, 1.82) is 0 Å². The summed E-state index contributed by atoms with van der Waals surface area (Å²) in [5, 5.41) is 29.1. The van der Waals surface area contributed by atoms with Crippen molar-refractivity contribution in [3.63, 3.8) is 0 Å². The molecule has 1 fully saturated rings. The Morgan fingerprint density at radius 3 is 2.33 bits per heavy atom. The smallest absolute Gasteiger partial charge is 0.0986 e. The van der Waals surface area contributed by atoms with E-state index in [1.807, 2.05) is 0 Å².